The van der Waals surface area contributed by atoms with Crippen LogP contribution in [0.2, 0.25) is 0 Å². The lowest BCUT2D eigenvalue weighted by Crippen LogP contribution is -2.41. The summed E-state index contributed by atoms with van der Waals surface area (Å²) in [4.78, 5) is 4.46. The largest absolute Gasteiger partial charge is 0.392 e. The maximum Gasteiger partial charge on any atom is 0.0684 e. The normalized spacial score (nSPS) is 18.2. The van der Waals surface area contributed by atoms with Crippen LogP contribution in [0.25, 0.3) is 0 Å². The van der Waals surface area contributed by atoms with Gasteiger partial charge < -0.3 is 14.7 Å². The van der Waals surface area contributed by atoms with Crippen LogP contribution in [0.1, 0.15) is 6.42 Å². The highest BCUT2D eigenvalue weighted by molar-refractivity contribution is 5.44. The van der Waals surface area contributed by atoms with Crippen molar-refractivity contribution in [2.45, 2.75) is 12.5 Å². The second-order valence-electron chi connectivity index (χ2n) is 5.11. The smallest absolute Gasteiger partial charge is 0.0684 e. The molecule has 0 amide bonds. The molecular formula is C15H24N2O2. The summed E-state index contributed by atoms with van der Waals surface area (Å²) in [5.41, 5.74) is 1.20. The molecule has 1 unspecified atom stereocenters. The van der Waals surface area contributed by atoms with Crippen LogP contribution >= 0.6 is 0 Å². The molecule has 2 rings (SSSR count). The number of nitrogens with zero attached hydrogens (tertiary/aromatic N) is 2. The van der Waals surface area contributed by atoms with E-state index in [4.69, 9.17) is 4.74 Å². The zero-order chi connectivity index (χ0) is 13.5. The number of benzene rings is 1. The zero-order valence-corrected chi connectivity index (χ0v) is 11.7. The average molecular weight is 264 g/mol. The molecule has 1 aliphatic heterocycles. The molecule has 1 aromatic carbocycles. The van der Waals surface area contributed by atoms with Crippen molar-refractivity contribution in [1.82, 2.24) is 4.90 Å². The lowest BCUT2D eigenvalue weighted by Gasteiger charge is -2.29. The van der Waals surface area contributed by atoms with E-state index in [0.29, 0.717) is 0 Å². The lowest BCUT2D eigenvalue weighted by molar-refractivity contribution is 0.0136. The van der Waals surface area contributed by atoms with Crippen LogP contribution in [0, 0.1) is 0 Å². The fourth-order valence-corrected chi connectivity index (χ4v) is 2.33. The number of aliphatic hydroxyl groups excluding tert-OH is 1. The Morgan fingerprint density at radius 2 is 1.95 bits per heavy atom. The maximum atomic E-state index is 10.1. The number of anilines is 1. The fraction of sp³-hybridized carbons (Fsp3) is 0.600. The highest BCUT2D eigenvalue weighted by atomic mass is 16.5. The van der Waals surface area contributed by atoms with Gasteiger partial charge >= 0.3 is 0 Å². The van der Waals surface area contributed by atoms with E-state index in [1.54, 1.807) is 0 Å². The second kappa shape index (κ2) is 7.48. The average Bonchev–Trinajstić information content (AvgIpc) is 2.47. The van der Waals surface area contributed by atoms with Crippen LogP contribution in [0.15, 0.2) is 30.3 Å². The standard InChI is InChI=1S/C15H24N2O2/c1-16(14-5-3-2-4-6-14)8-7-15(18)13-17-9-11-19-12-10-17/h2-6,15,18H,7-13H2,1H3. The SMILES string of the molecule is CN(CCC(O)CN1CCOCC1)c1ccccc1. The lowest BCUT2D eigenvalue weighted by atomic mass is 10.2. The molecular weight excluding hydrogens is 240 g/mol. The summed E-state index contributed by atoms with van der Waals surface area (Å²) in [5, 5.41) is 10.1. The second-order valence-corrected chi connectivity index (χ2v) is 5.11. The van der Waals surface area contributed by atoms with Crippen molar-refractivity contribution >= 4 is 5.69 Å². The molecule has 1 fully saturated rings. The number of hydrogen-bond acceptors (Lipinski definition) is 4. The molecule has 1 N–H and O–H groups in total. The van der Waals surface area contributed by atoms with Gasteiger partial charge in [0, 0.05) is 38.9 Å². The zero-order valence-electron chi connectivity index (χ0n) is 11.7. The van der Waals surface area contributed by atoms with Crippen molar-refractivity contribution in [2.75, 3.05) is 51.3 Å². The maximum absolute atomic E-state index is 10.1. The van der Waals surface area contributed by atoms with Crippen molar-refractivity contribution in [3.05, 3.63) is 30.3 Å². The molecule has 0 aromatic heterocycles. The summed E-state index contributed by atoms with van der Waals surface area (Å²) in [6.07, 6.45) is 0.534. The Balaban J connectivity index is 1.69. The van der Waals surface area contributed by atoms with E-state index >= 15 is 0 Å². The van der Waals surface area contributed by atoms with E-state index < -0.39 is 0 Å². The van der Waals surface area contributed by atoms with Gasteiger partial charge in [-0.15, -0.1) is 0 Å². The van der Waals surface area contributed by atoms with E-state index in [0.717, 1.165) is 45.8 Å². The topological polar surface area (TPSA) is 35.9 Å². The molecule has 1 aromatic rings. The predicted octanol–water partition coefficient (Wildman–Crippen LogP) is 1.21. The first-order chi connectivity index (χ1) is 9.25. The third-order valence-corrected chi connectivity index (χ3v) is 3.57. The van der Waals surface area contributed by atoms with Gasteiger partial charge in [0.25, 0.3) is 0 Å². The summed E-state index contributed by atoms with van der Waals surface area (Å²) < 4.78 is 5.31. The first-order valence-corrected chi connectivity index (χ1v) is 7.00. The van der Waals surface area contributed by atoms with E-state index in [2.05, 4.69) is 29.0 Å². The number of aliphatic hydroxyl groups is 1. The van der Waals surface area contributed by atoms with Gasteiger partial charge in [-0.25, -0.2) is 0 Å². The van der Waals surface area contributed by atoms with Crippen molar-refractivity contribution < 1.29 is 9.84 Å². The van der Waals surface area contributed by atoms with Crippen molar-refractivity contribution in [1.29, 1.82) is 0 Å². The third kappa shape index (κ3) is 4.82. The molecule has 1 heterocycles. The van der Waals surface area contributed by atoms with Gasteiger partial charge in [0.1, 0.15) is 0 Å². The molecule has 1 aliphatic rings. The first kappa shape index (κ1) is 14.3. The summed E-state index contributed by atoms with van der Waals surface area (Å²) in [6, 6.07) is 10.3. The van der Waals surface area contributed by atoms with Gasteiger partial charge in [-0.05, 0) is 18.6 Å². The van der Waals surface area contributed by atoms with E-state index in [-0.39, 0.29) is 6.10 Å². The van der Waals surface area contributed by atoms with E-state index in [1.165, 1.54) is 5.69 Å². The van der Waals surface area contributed by atoms with Crippen molar-refractivity contribution in [2.24, 2.45) is 0 Å². The van der Waals surface area contributed by atoms with Crippen molar-refractivity contribution in [3.63, 3.8) is 0 Å². The number of morpholine rings is 1. The van der Waals surface area contributed by atoms with Crippen LogP contribution in [-0.2, 0) is 4.74 Å². The minimum absolute atomic E-state index is 0.260. The van der Waals surface area contributed by atoms with Crippen LogP contribution in [-0.4, -0.2) is 62.6 Å². The van der Waals surface area contributed by atoms with Gasteiger partial charge in [0.15, 0.2) is 0 Å². The van der Waals surface area contributed by atoms with Gasteiger partial charge in [0.05, 0.1) is 19.3 Å². The van der Waals surface area contributed by atoms with Crippen LogP contribution < -0.4 is 4.90 Å². The number of rotatable bonds is 6. The molecule has 4 heteroatoms. The molecule has 106 valence electrons. The number of ether oxygens (including phenoxy) is 1. The van der Waals surface area contributed by atoms with Gasteiger partial charge in [-0.1, -0.05) is 18.2 Å². The van der Waals surface area contributed by atoms with E-state index in [1.807, 2.05) is 18.2 Å². The summed E-state index contributed by atoms with van der Waals surface area (Å²) in [6.45, 7) is 5.08. The molecule has 0 spiro atoms. The minimum Gasteiger partial charge on any atom is -0.392 e. The van der Waals surface area contributed by atoms with Crippen molar-refractivity contribution in [3.8, 4) is 0 Å². The number of para-hydroxylation sites is 1. The Hall–Kier alpha value is -1.10. The van der Waals surface area contributed by atoms with Gasteiger partial charge in [-0.3, -0.25) is 4.90 Å². The van der Waals surface area contributed by atoms with Crippen LogP contribution in [0.4, 0.5) is 5.69 Å². The molecule has 0 aliphatic carbocycles. The van der Waals surface area contributed by atoms with Gasteiger partial charge in [-0.2, -0.15) is 0 Å². The highest BCUT2D eigenvalue weighted by Crippen LogP contribution is 2.12. The first-order valence-electron chi connectivity index (χ1n) is 7.00. The molecule has 1 saturated heterocycles. The van der Waals surface area contributed by atoms with Crippen LogP contribution in [0.5, 0.6) is 0 Å². The molecule has 0 radical (unpaired) electrons. The van der Waals surface area contributed by atoms with Gasteiger partial charge in [0.2, 0.25) is 0 Å². The number of β-amino-alcohol motifs (C(OH)–C–C–N with tert-alkyl or cyclic N) is 1. The molecule has 0 bridgehead atoms. The third-order valence-electron chi connectivity index (χ3n) is 3.57. The monoisotopic (exact) mass is 264 g/mol. The summed E-state index contributed by atoms with van der Waals surface area (Å²) in [5.74, 6) is 0. The van der Waals surface area contributed by atoms with E-state index in [9.17, 15) is 5.11 Å². The fourth-order valence-electron chi connectivity index (χ4n) is 2.33. The minimum atomic E-state index is -0.260. The highest BCUT2D eigenvalue weighted by Gasteiger charge is 2.15. The Labute approximate surface area is 115 Å². The Kier molecular flexibility index (Phi) is 5.63. The summed E-state index contributed by atoms with van der Waals surface area (Å²) >= 11 is 0. The molecule has 1 atom stereocenters. The summed E-state index contributed by atoms with van der Waals surface area (Å²) in [7, 11) is 2.07. The Morgan fingerprint density at radius 1 is 1.26 bits per heavy atom. The molecule has 4 nitrogen and oxygen atoms in total. The Bertz CT molecular complexity index is 352. The quantitative estimate of drug-likeness (QED) is 0.838. The number of hydrogen-bond donors (Lipinski definition) is 1. The predicted molar refractivity (Wildman–Crippen MR) is 77.6 cm³/mol. The Morgan fingerprint density at radius 3 is 2.63 bits per heavy atom. The molecule has 19 heavy (non-hydrogen) atoms. The molecule has 0 saturated carbocycles. The van der Waals surface area contributed by atoms with Crippen LogP contribution in [0.3, 0.4) is 0 Å².